The molecule has 0 saturated heterocycles. The van der Waals surface area contributed by atoms with Crippen molar-refractivity contribution in [3.8, 4) is 0 Å². The van der Waals surface area contributed by atoms with Gasteiger partial charge in [0.05, 0.1) is 17.2 Å². The Labute approximate surface area is 165 Å². The maximum absolute atomic E-state index is 12.9. The first kappa shape index (κ1) is 18.1. The van der Waals surface area contributed by atoms with E-state index < -0.39 is 11.9 Å². The van der Waals surface area contributed by atoms with Gasteiger partial charge in [-0.3, -0.25) is 24.6 Å². The van der Waals surface area contributed by atoms with Crippen molar-refractivity contribution in [1.29, 1.82) is 0 Å². The molecule has 140 valence electrons. The van der Waals surface area contributed by atoms with Crippen LogP contribution in [0.3, 0.4) is 0 Å². The molecule has 2 heterocycles. The smallest absolute Gasteiger partial charge is 0.262 e. The van der Waals surface area contributed by atoms with E-state index in [1.54, 1.807) is 12.3 Å². The van der Waals surface area contributed by atoms with Crippen LogP contribution in [0.5, 0.6) is 0 Å². The number of carbonyl (C=O) groups is 3. The standard InChI is InChI=1S/C21H17N3O3S/c1-12-11-22-21(28-12)23-18(25)15-8-9-16-17(10-15)20(27)24(19(16)26)13(2)14-6-4-3-5-7-14/h3-11,13H,1-2H3,(H,22,23,25)/t13-/m0/s1. The van der Waals surface area contributed by atoms with Gasteiger partial charge in [-0.25, -0.2) is 4.98 Å². The second-order valence-corrected chi connectivity index (χ2v) is 7.79. The Morgan fingerprint density at radius 2 is 1.79 bits per heavy atom. The number of benzene rings is 2. The number of nitrogens with zero attached hydrogens (tertiary/aromatic N) is 2. The van der Waals surface area contributed by atoms with E-state index in [1.807, 2.05) is 44.2 Å². The average molecular weight is 391 g/mol. The Bertz CT molecular complexity index is 1090. The predicted octanol–water partition coefficient (Wildman–Crippen LogP) is 4.06. The molecule has 1 atom stereocenters. The number of aryl methyl sites for hydroxylation is 1. The van der Waals surface area contributed by atoms with E-state index in [0.29, 0.717) is 16.3 Å². The molecule has 1 aliphatic rings. The van der Waals surface area contributed by atoms with Gasteiger partial charge in [0.15, 0.2) is 5.13 Å². The third kappa shape index (κ3) is 3.10. The highest BCUT2D eigenvalue weighted by atomic mass is 32.1. The van der Waals surface area contributed by atoms with E-state index in [1.165, 1.54) is 28.4 Å². The summed E-state index contributed by atoms with van der Waals surface area (Å²) >= 11 is 1.37. The minimum atomic E-state index is -0.399. The molecule has 1 aromatic heterocycles. The van der Waals surface area contributed by atoms with E-state index >= 15 is 0 Å². The monoisotopic (exact) mass is 391 g/mol. The van der Waals surface area contributed by atoms with Crippen molar-refractivity contribution in [2.75, 3.05) is 5.32 Å². The summed E-state index contributed by atoms with van der Waals surface area (Å²) in [5.41, 5.74) is 1.74. The third-order valence-electron chi connectivity index (χ3n) is 4.69. The van der Waals surface area contributed by atoms with Crippen molar-refractivity contribution >= 4 is 34.2 Å². The summed E-state index contributed by atoms with van der Waals surface area (Å²) in [6, 6.07) is 13.5. The molecule has 1 N–H and O–H groups in total. The van der Waals surface area contributed by atoms with Crippen LogP contribution in [0, 0.1) is 6.92 Å². The number of anilines is 1. The number of thiazole rings is 1. The van der Waals surface area contributed by atoms with Crippen LogP contribution in [0.1, 0.15) is 54.5 Å². The molecule has 1 aliphatic heterocycles. The number of hydrogen-bond acceptors (Lipinski definition) is 5. The van der Waals surface area contributed by atoms with Crippen molar-refractivity contribution < 1.29 is 14.4 Å². The lowest BCUT2D eigenvalue weighted by Crippen LogP contribution is -2.32. The number of imide groups is 1. The molecular formula is C21H17N3O3S. The molecular weight excluding hydrogens is 374 g/mol. The summed E-state index contributed by atoms with van der Waals surface area (Å²) in [5, 5.41) is 3.21. The van der Waals surface area contributed by atoms with Crippen LogP contribution in [0.4, 0.5) is 5.13 Å². The van der Waals surface area contributed by atoms with Gasteiger partial charge in [0.25, 0.3) is 17.7 Å². The van der Waals surface area contributed by atoms with E-state index in [2.05, 4.69) is 10.3 Å². The molecule has 3 aromatic rings. The molecule has 0 fully saturated rings. The third-order valence-corrected chi connectivity index (χ3v) is 5.52. The maximum Gasteiger partial charge on any atom is 0.262 e. The van der Waals surface area contributed by atoms with Gasteiger partial charge in [0.2, 0.25) is 0 Å². The Morgan fingerprint density at radius 1 is 1.07 bits per heavy atom. The zero-order valence-electron chi connectivity index (χ0n) is 15.3. The minimum absolute atomic E-state index is 0.246. The highest BCUT2D eigenvalue weighted by Gasteiger charge is 2.39. The van der Waals surface area contributed by atoms with Gasteiger partial charge in [-0.05, 0) is 37.6 Å². The first-order chi connectivity index (χ1) is 13.5. The fraction of sp³-hybridized carbons (Fsp3) is 0.143. The van der Waals surface area contributed by atoms with Crippen LogP contribution in [0.2, 0.25) is 0 Å². The van der Waals surface area contributed by atoms with Crippen molar-refractivity contribution in [1.82, 2.24) is 9.88 Å². The van der Waals surface area contributed by atoms with Crippen molar-refractivity contribution in [2.24, 2.45) is 0 Å². The zero-order valence-corrected chi connectivity index (χ0v) is 16.1. The summed E-state index contributed by atoms with van der Waals surface area (Å²) in [5.74, 6) is -1.11. The highest BCUT2D eigenvalue weighted by Crippen LogP contribution is 2.32. The van der Waals surface area contributed by atoms with E-state index in [9.17, 15) is 14.4 Å². The fourth-order valence-electron chi connectivity index (χ4n) is 3.21. The summed E-state index contributed by atoms with van der Waals surface area (Å²) in [6.45, 7) is 3.71. The summed E-state index contributed by atoms with van der Waals surface area (Å²) in [4.78, 5) is 44.5. The molecule has 4 rings (SSSR count). The minimum Gasteiger partial charge on any atom is -0.298 e. The highest BCUT2D eigenvalue weighted by molar-refractivity contribution is 7.15. The van der Waals surface area contributed by atoms with Crippen LogP contribution >= 0.6 is 11.3 Å². The van der Waals surface area contributed by atoms with Crippen LogP contribution in [0.15, 0.2) is 54.7 Å². The number of rotatable bonds is 4. The van der Waals surface area contributed by atoms with Crippen molar-refractivity contribution in [2.45, 2.75) is 19.9 Å². The van der Waals surface area contributed by atoms with Gasteiger partial charge in [0, 0.05) is 16.6 Å². The summed E-state index contributed by atoms with van der Waals surface area (Å²) in [6.07, 6.45) is 1.67. The predicted molar refractivity (Wildman–Crippen MR) is 107 cm³/mol. The molecule has 0 bridgehead atoms. The molecule has 0 spiro atoms. The van der Waals surface area contributed by atoms with Gasteiger partial charge in [-0.15, -0.1) is 11.3 Å². The Hall–Kier alpha value is -3.32. The molecule has 28 heavy (non-hydrogen) atoms. The molecule has 3 amide bonds. The second kappa shape index (κ2) is 7.01. The van der Waals surface area contributed by atoms with Gasteiger partial charge in [0.1, 0.15) is 0 Å². The topological polar surface area (TPSA) is 79.4 Å². The maximum atomic E-state index is 12.9. The normalized spacial score (nSPS) is 14.1. The molecule has 0 radical (unpaired) electrons. The Kier molecular flexibility index (Phi) is 4.52. The summed E-state index contributed by atoms with van der Waals surface area (Å²) in [7, 11) is 0. The first-order valence-corrected chi connectivity index (χ1v) is 9.58. The van der Waals surface area contributed by atoms with Crippen LogP contribution in [-0.2, 0) is 0 Å². The lowest BCUT2D eigenvalue weighted by molar-refractivity contribution is 0.0595. The van der Waals surface area contributed by atoms with Gasteiger partial charge in [-0.1, -0.05) is 30.3 Å². The van der Waals surface area contributed by atoms with Crippen molar-refractivity contribution in [3.63, 3.8) is 0 Å². The SMILES string of the molecule is Cc1cnc(NC(=O)c2ccc3c(c2)C(=O)N([C@@H](C)c2ccccc2)C3=O)s1. The molecule has 6 nitrogen and oxygen atoms in total. The first-order valence-electron chi connectivity index (χ1n) is 8.76. The van der Waals surface area contributed by atoms with E-state index in [4.69, 9.17) is 0 Å². The molecule has 0 saturated carbocycles. The number of carbonyl (C=O) groups excluding carboxylic acids is 3. The van der Waals surface area contributed by atoms with Crippen LogP contribution in [0.25, 0.3) is 0 Å². The Morgan fingerprint density at radius 3 is 2.46 bits per heavy atom. The number of hydrogen-bond donors (Lipinski definition) is 1. The molecule has 0 aliphatic carbocycles. The van der Waals surface area contributed by atoms with Gasteiger partial charge < -0.3 is 0 Å². The number of nitrogens with one attached hydrogen (secondary N) is 1. The lowest BCUT2D eigenvalue weighted by atomic mass is 10.1. The zero-order chi connectivity index (χ0) is 19.8. The number of amides is 3. The average Bonchev–Trinajstić information content (AvgIpc) is 3.22. The second-order valence-electron chi connectivity index (χ2n) is 6.56. The molecule has 0 unspecified atom stereocenters. The van der Waals surface area contributed by atoms with E-state index in [-0.39, 0.29) is 17.4 Å². The van der Waals surface area contributed by atoms with E-state index in [0.717, 1.165) is 10.4 Å². The fourth-order valence-corrected chi connectivity index (χ4v) is 3.87. The largest absolute Gasteiger partial charge is 0.298 e. The molecule has 7 heteroatoms. The Balaban J connectivity index is 1.61. The van der Waals surface area contributed by atoms with Crippen LogP contribution in [-0.4, -0.2) is 27.6 Å². The summed E-state index contributed by atoms with van der Waals surface area (Å²) < 4.78 is 0. The van der Waals surface area contributed by atoms with Gasteiger partial charge in [-0.2, -0.15) is 0 Å². The lowest BCUT2D eigenvalue weighted by Gasteiger charge is -2.22. The van der Waals surface area contributed by atoms with Crippen LogP contribution < -0.4 is 5.32 Å². The van der Waals surface area contributed by atoms with Crippen molar-refractivity contribution in [3.05, 3.63) is 81.9 Å². The van der Waals surface area contributed by atoms with Gasteiger partial charge >= 0.3 is 0 Å². The number of aromatic nitrogens is 1. The quantitative estimate of drug-likeness (QED) is 0.680. The number of fused-ring (bicyclic) bond motifs is 1. The molecule has 2 aromatic carbocycles.